The molecular formula is C15H14N4. The van der Waals surface area contributed by atoms with E-state index in [0.29, 0.717) is 0 Å². The molecule has 3 rings (SSSR count). The predicted octanol–water partition coefficient (Wildman–Crippen LogP) is 3.04. The van der Waals surface area contributed by atoms with E-state index in [2.05, 4.69) is 44.5 Å². The van der Waals surface area contributed by atoms with Gasteiger partial charge in [-0.15, -0.1) is 0 Å². The highest BCUT2D eigenvalue weighted by Gasteiger charge is 2.08. The predicted molar refractivity (Wildman–Crippen MR) is 77.1 cm³/mol. The summed E-state index contributed by atoms with van der Waals surface area (Å²) in [5.41, 5.74) is 4.01. The number of fused-ring (bicyclic) bond motifs is 1. The molecule has 0 bridgehead atoms. The van der Waals surface area contributed by atoms with Gasteiger partial charge in [0.1, 0.15) is 12.1 Å². The zero-order valence-electron chi connectivity index (χ0n) is 10.9. The van der Waals surface area contributed by atoms with Crippen LogP contribution in [0.15, 0.2) is 42.9 Å². The number of nitrogens with one attached hydrogen (secondary N) is 1. The van der Waals surface area contributed by atoms with Crippen molar-refractivity contribution in [3.05, 3.63) is 48.4 Å². The number of anilines is 1. The minimum atomic E-state index is 0.853. The number of pyridine rings is 1. The van der Waals surface area contributed by atoms with E-state index in [-0.39, 0.29) is 0 Å². The molecule has 94 valence electrons. The largest absolute Gasteiger partial charge is 0.373 e. The van der Waals surface area contributed by atoms with Crippen molar-refractivity contribution in [1.82, 2.24) is 15.0 Å². The van der Waals surface area contributed by atoms with E-state index in [9.17, 15) is 0 Å². The Kier molecular flexibility index (Phi) is 2.83. The van der Waals surface area contributed by atoms with Crippen LogP contribution in [0.25, 0.3) is 22.2 Å². The lowest BCUT2D eigenvalue weighted by atomic mass is 10.1. The van der Waals surface area contributed by atoms with Crippen molar-refractivity contribution >= 4 is 16.7 Å². The molecule has 19 heavy (non-hydrogen) atoms. The van der Waals surface area contributed by atoms with Crippen LogP contribution in [-0.2, 0) is 0 Å². The lowest BCUT2D eigenvalue weighted by Crippen LogP contribution is -1.99. The molecule has 0 saturated heterocycles. The van der Waals surface area contributed by atoms with Crippen LogP contribution in [0.5, 0.6) is 0 Å². The van der Waals surface area contributed by atoms with E-state index in [1.54, 1.807) is 12.5 Å². The highest BCUT2D eigenvalue weighted by atomic mass is 15.0. The number of hydrogen-bond donors (Lipinski definition) is 1. The number of benzene rings is 1. The van der Waals surface area contributed by atoms with E-state index in [1.807, 2.05) is 20.0 Å². The Hall–Kier alpha value is -2.49. The molecule has 0 saturated carbocycles. The molecule has 0 atom stereocenters. The molecule has 0 amide bonds. The Morgan fingerprint density at radius 1 is 1.05 bits per heavy atom. The van der Waals surface area contributed by atoms with Gasteiger partial charge in [0.2, 0.25) is 0 Å². The molecule has 0 unspecified atom stereocenters. The fourth-order valence-electron chi connectivity index (χ4n) is 2.21. The van der Waals surface area contributed by atoms with Crippen molar-refractivity contribution in [2.75, 3.05) is 12.4 Å². The monoisotopic (exact) mass is 250 g/mol. The van der Waals surface area contributed by atoms with Gasteiger partial charge in [-0.1, -0.05) is 18.2 Å². The first kappa shape index (κ1) is 11.6. The quantitative estimate of drug-likeness (QED) is 0.759. The smallest absolute Gasteiger partial charge is 0.132 e. The summed E-state index contributed by atoms with van der Waals surface area (Å²) in [6, 6.07) is 10.2. The van der Waals surface area contributed by atoms with Crippen molar-refractivity contribution < 1.29 is 0 Å². The van der Waals surface area contributed by atoms with E-state index >= 15 is 0 Å². The number of nitrogens with zero attached hydrogens (tertiary/aromatic N) is 3. The summed E-state index contributed by atoms with van der Waals surface area (Å²) in [6.45, 7) is 2.02. The molecule has 1 N–H and O–H groups in total. The minimum Gasteiger partial charge on any atom is -0.373 e. The highest BCUT2D eigenvalue weighted by Crippen LogP contribution is 2.26. The van der Waals surface area contributed by atoms with Crippen molar-refractivity contribution in [3.63, 3.8) is 0 Å². The zero-order chi connectivity index (χ0) is 13.2. The first-order valence-corrected chi connectivity index (χ1v) is 6.14. The van der Waals surface area contributed by atoms with Gasteiger partial charge in [-0.3, -0.25) is 4.98 Å². The van der Waals surface area contributed by atoms with E-state index in [0.717, 1.165) is 33.5 Å². The van der Waals surface area contributed by atoms with Crippen molar-refractivity contribution in [2.45, 2.75) is 6.92 Å². The molecule has 0 radical (unpaired) electrons. The van der Waals surface area contributed by atoms with Crippen LogP contribution in [0.2, 0.25) is 0 Å². The van der Waals surface area contributed by atoms with E-state index < -0.39 is 0 Å². The Labute approximate surface area is 111 Å². The second-order valence-corrected chi connectivity index (χ2v) is 4.36. The lowest BCUT2D eigenvalue weighted by molar-refractivity contribution is 1.13. The standard InChI is InChI=1S/C15H14N4/c1-10-14(18-9-19-15(10)16-2)12-6-5-11-4-3-7-17-13(11)8-12/h3-9H,1-2H3,(H,16,18,19). The lowest BCUT2D eigenvalue weighted by Gasteiger charge is -2.09. The zero-order valence-corrected chi connectivity index (χ0v) is 10.9. The van der Waals surface area contributed by atoms with E-state index in [4.69, 9.17) is 0 Å². The van der Waals surface area contributed by atoms with Gasteiger partial charge >= 0.3 is 0 Å². The molecule has 0 spiro atoms. The fraction of sp³-hybridized carbons (Fsp3) is 0.133. The third kappa shape index (κ3) is 2.01. The molecule has 0 fully saturated rings. The molecule has 0 aliphatic rings. The highest BCUT2D eigenvalue weighted by molar-refractivity contribution is 5.84. The van der Waals surface area contributed by atoms with Crippen LogP contribution in [0.1, 0.15) is 5.56 Å². The maximum Gasteiger partial charge on any atom is 0.132 e. The Bertz CT molecular complexity index is 737. The molecule has 1 aromatic carbocycles. The topological polar surface area (TPSA) is 50.7 Å². The van der Waals surface area contributed by atoms with Crippen LogP contribution in [0, 0.1) is 6.92 Å². The summed E-state index contributed by atoms with van der Waals surface area (Å²) >= 11 is 0. The molecule has 2 aromatic heterocycles. The Balaban J connectivity index is 2.19. The third-order valence-corrected chi connectivity index (χ3v) is 3.20. The molecule has 0 aliphatic carbocycles. The average molecular weight is 250 g/mol. The van der Waals surface area contributed by atoms with Gasteiger partial charge in [0, 0.05) is 29.8 Å². The molecule has 4 nitrogen and oxygen atoms in total. The summed E-state index contributed by atoms with van der Waals surface area (Å²) in [5, 5.41) is 4.21. The fourth-order valence-corrected chi connectivity index (χ4v) is 2.21. The van der Waals surface area contributed by atoms with Gasteiger partial charge < -0.3 is 5.32 Å². The van der Waals surface area contributed by atoms with Gasteiger partial charge in [-0.2, -0.15) is 0 Å². The molecule has 3 aromatic rings. The summed E-state index contributed by atoms with van der Waals surface area (Å²) in [7, 11) is 1.86. The van der Waals surface area contributed by atoms with Crippen LogP contribution < -0.4 is 5.32 Å². The van der Waals surface area contributed by atoms with Gasteiger partial charge in [0.05, 0.1) is 11.2 Å². The van der Waals surface area contributed by atoms with Crippen LogP contribution in [0.4, 0.5) is 5.82 Å². The maximum absolute atomic E-state index is 4.39. The normalized spacial score (nSPS) is 10.6. The SMILES string of the molecule is CNc1ncnc(-c2ccc3cccnc3c2)c1C. The molecule has 2 heterocycles. The summed E-state index contributed by atoms with van der Waals surface area (Å²) in [6.07, 6.45) is 3.38. The summed E-state index contributed by atoms with van der Waals surface area (Å²) in [5.74, 6) is 0.853. The average Bonchev–Trinajstić information content (AvgIpc) is 2.47. The van der Waals surface area contributed by atoms with Crippen molar-refractivity contribution in [3.8, 4) is 11.3 Å². The number of aromatic nitrogens is 3. The molecule has 0 aliphatic heterocycles. The number of hydrogen-bond acceptors (Lipinski definition) is 4. The van der Waals surface area contributed by atoms with Gasteiger partial charge in [0.25, 0.3) is 0 Å². The first-order chi connectivity index (χ1) is 9.29. The van der Waals surface area contributed by atoms with Crippen LogP contribution in [-0.4, -0.2) is 22.0 Å². The Morgan fingerprint density at radius 2 is 1.95 bits per heavy atom. The van der Waals surface area contributed by atoms with Gasteiger partial charge in [0.15, 0.2) is 0 Å². The van der Waals surface area contributed by atoms with E-state index in [1.165, 1.54) is 0 Å². The van der Waals surface area contributed by atoms with Gasteiger partial charge in [-0.25, -0.2) is 9.97 Å². The van der Waals surface area contributed by atoms with Crippen molar-refractivity contribution in [2.24, 2.45) is 0 Å². The molecular weight excluding hydrogens is 236 g/mol. The maximum atomic E-state index is 4.39. The van der Waals surface area contributed by atoms with Gasteiger partial charge in [-0.05, 0) is 19.1 Å². The summed E-state index contributed by atoms with van der Waals surface area (Å²) < 4.78 is 0. The van der Waals surface area contributed by atoms with Crippen molar-refractivity contribution in [1.29, 1.82) is 0 Å². The Morgan fingerprint density at radius 3 is 2.79 bits per heavy atom. The minimum absolute atomic E-state index is 0.853. The number of rotatable bonds is 2. The second-order valence-electron chi connectivity index (χ2n) is 4.36. The van der Waals surface area contributed by atoms with Crippen LogP contribution >= 0.6 is 0 Å². The molecule has 4 heteroatoms. The van der Waals surface area contributed by atoms with Crippen LogP contribution in [0.3, 0.4) is 0 Å². The second kappa shape index (κ2) is 4.65. The summed E-state index contributed by atoms with van der Waals surface area (Å²) in [4.78, 5) is 13.0. The third-order valence-electron chi connectivity index (χ3n) is 3.20. The first-order valence-electron chi connectivity index (χ1n) is 6.14.